The third-order valence-corrected chi connectivity index (χ3v) is 3.58. The van der Waals surface area contributed by atoms with Gasteiger partial charge in [-0.3, -0.25) is 14.9 Å². The number of hydrogen-bond acceptors (Lipinski definition) is 4. The fraction of sp³-hybridized carbons (Fsp3) is 0.235. The maximum atomic E-state index is 13.3. The van der Waals surface area contributed by atoms with Gasteiger partial charge in [0.25, 0.3) is 0 Å². The lowest BCUT2D eigenvalue weighted by molar-refractivity contribution is -0.386. The molecular weight excluding hydrogens is 301 g/mol. The lowest BCUT2D eigenvalue weighted by Gasteiger charge is -2.14. The van der Waals surface area contributed by atoms with E-state index in [9.17, 15) is 19.3 Å². The van der Waals surface area contributed by atoms with Crippen LogP contribution in [0, 0.1) is 29.8 Å². The van der Waals surface area contributed by atoms with Crippen molar-refractivity contribution in [3.05, 3.63) is 69.0 Å². The summed E-state index contributed by atoms with van der Waals surface area (Å²) in [6, 6.07) is 8.11. The van der Waals surface area contributed by atoms with E-state index < -0.39 is 16.8 Å². The van der Waals surface area contributed by atoms with Gasteiger partial charge in [-0.2, -0.15) is 0 Å². The van der Waals surface area contributed by atoms with Gasteiger partial charge in [-0.1, -0.05) is 12.1 Å². The predicted molar refractivity (Wildman–Crippen MR) is 83.4 cm³/mol. The van der Waals surface area contributed by atoms with Gasteiger partial charge in [0, 0.05) is 17.7 Å². The fourth-order valence-corrected chi connectivity index (χ4v) is 2.11. The SMILES string of the molecule is Cc1ccc(C(=O)[C@@H](C)Oc2cc(F)ccc2[N+](=O)[O-])cc1C. The Morgan fingerprint density at radius 1 is 1.17 bits per heavy atom. The van der Waals surface area contributed by atoms with Gasteiger partial charge in [-0.25, -0.2) is 4.39 Å². The van der Waals surface area contributed by atoms with E-state index in [1.165, 1.54) is 6.92 Å². The Bertz CT molecular complexity index is 773. The standard InChI is InChI=1S/C17H16FNO4/c1-10-4-5-13(8-11(10)2)17(20)12(3)23-16-9-14(18)6-7-15(16)19(21)22/h4-9,12H,1-3H3/t12-/m1/s1. The van der Waals surface area contributed by atoms with E-state index in [1.807, 2.05) is 19.9 Å². The summed E-state index contributed by atoms with van der Waals surface area (Å²) in [5.74, 6) is -1.26. The summed E-state index contributed by atoms with van der Waals surface area (Å²) in [5, 5.41) is 11.0. The lowest BCUT2D eigenvalue weighted by Crippen LogP contribution is -2.24. The molecule has 0 aromatic heterocycles. The number of rotatable bonds is 5. The monoisotopic (exact) mass is 317 g/mol. The highest BCUT2D eigenvalue weighted by Crippen LogP contribution is 2.29. The van der Waals surface area contributed by atoms with Gasteiger partial charge in [-0.15, -0.1) is 0 Å². The van der Waals surface area contributed by atoms with E-state index in [0.29, 0.717) is 5.56 Å². The Morgan fingerprint density at radius 2 is 1.87 bits per heavy atom. The molecule has 0 unspecified atom stereocenters. The molecule has 0 N–H and O–H groups in total. The van der Waals surface area contributed by atoms with Crippen LogP contribution in [0.15, 0.2) is 36.4 Å². The number of carbonyl (C=O) groups excluding carboxylic acids is 1. The molecule has 23 heavy (non-hydrogen) atoms. The van der Waals surface area contributed by atoms with Crippen LogP contribution in [0.4, 0.5) is 10.1 Å². The lowest BCUT2D eigenvalue weighted by atomic mass is 10.0. The number of nitrogens with zero attached hydrogens (tertiary/aromatic N) is 1. The van der Waals surface area contributed by atoms with Crippen LogP contribution >= 0.6 is 0 Å². The van der Waals surface area contributed by atoms with Gasteiger partial charge in [0.15, 0.2) is 6.10 Å². The molecule has 0 aliphatic rings. The van der Waals surface area contributed by atoms with E-state index in [2.05, 4.69) is 0 Å². The van der Waals surface area contributed by atoms with Gasteiger partial charge < -0.3 is 4.74 Å². The minimum atomic E-state index is -0.974. The van der Waals surface area contributed by atoms with Crippen LogP contribution in [-0.2, 0) is 0 Å². The zero-order valence-electron chi connectivity index (χ0n) is 13.0. The first-order valence-electron chi connectivity index (χ1n) is 7.01. The molecule has 5 nitrogen and oxygen atoms in total. The van der Waals surface area contributed by atoms with Crippen molar-refractivity contribution in [1.29, 1.82) is 0 Å². The Hall–Kier alpha value is -2.76. The summed E-state index contributed by atoms with van der Waals surface area (Å²) in [4.78, 5) is 22.7. The summed E-state index contributed by atoms with van der Waals surface area (Å²) < 4.78 is 18.6. The number of ketones is 1. The Balaban J connectivity index is 2.26. The minimum absolute atomic E-state index is 0.264. The van der Waals surface area contributed by atoms with Crippen molar-refractivity contribution in [3.63, 3.8) is 0 Å². The van der Waals surface area contributed by atoms with Gasteiger partial charge >= 0.3 is 5.69 Å². The second-order valence-electron chi connectivity index (χ2n) is 5.29. The highest BCUT2D eigenvalue weighted by molar-refractivity contribution is 5.99. The number of Topliss-reactive ketones (excluding diaryl/α,β-unsaturated/α-hetero) is 1. The molecule has 0 saturated heterocycles. The van der Waals surface area contributed by atoms with E-state index >= 15 is 0 Å². The average Bonchev–Trinajstić information content (AvgIpc) is 2.49. The van der Waals surface area contributed by atoms with Crippen LogP contribution < -0.4 is 4.74 Å². The average molecular weight is 317 g/mol. The number of aryl methyl sites for hydroxylation is 2. The molecule has 0 amide bonds. The van der Waals surface area contributed by atoms with E-state index in [0.717, 1.165) is 29.3 Å². The Morgan fingerprint density at radius 3 is 2.48 bits per heavy atom. The molecule has 6 heteroatoms. The predicted octanol–water partition coefficient (Wildman–Crippen LogP) is 4.00. The van der Waals surface area contributed by atoms with Crippen molar-refractivity contribution in [3.8, 4) is 5.75 Å². The number of benzene rings is 2. The van der Waals surface area contributed by atoms with E-state index in [4.69, 9.17) is 4.74 Å². The van der Waals surface area contributed by atoms with Gasteiger partial charge in [-0.05, 0) is 44.0 Å². The van der Waals surface area contributed by atoms with Gasteiger partial charge in [0.05, 0.1) is 4.92 Å². The molecule has 1 atom stereocenters. The van der Waals surface area contributed by atoms with Crippen molar-refractivity contribution < 1.29 is 18.8 Å². The Labute approximate surface area is 132 Å². The number of halogens is 1. The summed E-state index contributed by atoms with van der Waals surface area (Å²) in [7, 11) is 0. The minimum Gasteiger partial charge on any atom is -0.475 e. The molecule has 0 radical (unpaired) electrons. The molecule has 0 aliphatic heterocycles. The molecule has 120 valence electrons. The van der Waals surface area contributed by atoms with E-state index in [1.54, 1.807) is 12.1 Å². The van der Waals surface area contributed by atoms with Crippen molar-refractivity contribution in [2.45, 2.75) is 26.9 Å². The van der Waals surface area contributed by atoms with Gasteiger partial charge in [0.1, 0.15) is 5.82 Å². The summed E-state index contributed by atoms with van der Waals surface area (Å²) >= 11 is 0. The second-order valence-corrected chi connectivity index (χ2v) is 5.29. The van der Waals surface area contributed by atoms with Crippen LogP contribution in [0.1, 0.15) is 28.4 Å². The molecule has 0 spiro atoms. The molecule has 0 fully saturated rings. The van der Waals surface area contributed by atoms with Crippen LogP contribution in [0.2, 0.25) is 0 Å². The molecule has 2 rings (SSSR count). The first kappa shape index (κ1) is 16.6. The molecule has 0 aliphatic carbocycles. The third kappa shape index (κ3) is 3.71. The molecule has 2 aromatic rings. The maximum absolute atomic E-state index is 13.3. The van der Waals surface area contributed by atoms with Crippen molar-refractivity contribution in [2.75, 3.05) is 0 Å². The number of nitro benzene ring substituents is 1. The number of ether oxygens (including phenoxy) is 1. The highest BCUT2D eigenvalue weighted by atomic mass is 19.1. The highest BCUT2D eigenvalue weighted by Gasteiger charge is 2.23. The maximum Gasteiger partial charge on any atom is 0.311 e. The third-order valence-electron chi connectivity index (χ3n) is 3.58. The first-order valence-corrected chi connectivity index (χ1v) is 7.01. The number of carbonyl (C=O) groups is 1. The molecule has 0 heterocycles. The molecular formula is C17H16FNO4. The zero-order chi connectivity index (χ0) is 17.1. The van der Waals surface area contributed by atoms with Crippen LogP contribution in [0.3, 0.4) is 0 Å². The first-order chi connectivity index (χ1) is 10.8. The second kappa shape index (κ2) is 6.56. The molecule has 2 aromatic carbocycles. The quantitative estimate of drug-likeness (QED) is 0.475. The van der Waals surface area contributed by atoms with E-state index in [-0.39, 0.29) is 17.2 Å². The van der Waals surface area contributed by atoms with Gasteiger partial charge in [0.2, 0.25) is 11.5 Å². The zero-order valence-corrected chi connectivity index (χ0v) is 13.0. The van der Waals surface area contributed by atoms with Crippen LogP contribution in [0.5, 0.6) is 5.75 Å². The van der Waals surface area contributed by atoms with Crippen molar-refractivity contribution in [1.82, 2.24) is 0 Å². The summed E-state index contributed by atoms with van der Waals surface area (Å²) in [6.45, 7) is 5.29. The summed E-state index contributed by atoms with van der Waals surface area (Å²) in [5.41, 5.74) is 2.07. The number of nitro groups is 1. The normalized spacial score (nSPS) is 11.8. The van der Waals surface area contributed by atoms with Crippen molar-refractivity contribution >= 4 is 11.5 Å². The largest absolute Gasteiger partial charge is 0.475 e. The number of hydrogen-bond donors (Lipinski definition) is 0. The Kier molecular flexibility index (Phi) is 4.74. The topological polar surface area (TPSA) is 69.4 Å². The van der Waals surface area contributed by atoms with Crippen LogP contribution in [-0.4, -0.2) is 16.8 Å². The fourth-order valence-electron chi connectivity index (χ4n) is 2.11. The van der Waals surface area contributed by atoms with Crippen molar-refractivity contribution in [2.24, 2.45) is 0 Å². The molecule has 0 bridgehead atoms. The smallest absolute Gasteiger partial charge is 0.311 e. The van der Waals surface area contributed by atoms with Crippen LogP contribution in [0.25, 0.3) is 0 Å². The summed E-state index contributed by atoms with van der Waals surface area (Å²) in [6.07, 6.45) is -0.974. The molecule has 0 saturated carbocycles.